The van der Waals surface area contributed by atoms with Crippen LogP contribution in [-0.4, -0.2) is 43.1 Å². The molecule has 0 radical (unpaired) electrons. The molecular formula is C16H27N3OS. The standard InChI is InChI=1S/C16H27N3OS/c1-12(10-11-21-5)19(4)16(20)18-15-8-6-14(7-9-15)13(2)17-3/h6-9,12-13,17H,10-11H2,1-5H3,(H,18,20). The summed E-state index contributed by atoms with van der Waals surface area (Å²) in [6.45, 7) is 4.18. The fraction of sp³-hybridized carbons (Fsp3) is 0.562. The maximum Gasteiger partial charge on any atom is 0.321 e. The second-order valence-corrected chi connectivity index (χ2v) is 6.29. The molecule has 0 fully saturated rings. The minimum Gasteiger partial charge on any atom is -0.325 e. The van der Waals surface area contributed by atoms with Gasteiger partial charge in [0.25, 0.3) is 0 Å². The predicted octanol–water partition coefficient (Wildman–Crippen LogP) is 3.57. The molecule has 1 aromatic carbocycles. The van der Waals surface area contributed by atoms with E-state index < -0.39 is 0 Å². The number of nitrogens with zero attached hydrogens (tertiary/aromatic N) is 1. The fourth-order valence-corrected chi connectivity index (χ4v) is 2.49. The lowest BCUT2D eigenvalue weighted by molar-refractivity contribution is 0.207. The zero-order valence-electron chi connectivity index (χ0n) is 13.6. The lowest BCUT2D eigenvalue weighted by Gasteiger charge is -2.25. The Morgan fingerprint density at radius 2 is 1.90 bits per heavy atom. The van der Waals surface area contributed by atoms with Gasteiger partial charge in [0.2, 0.25) is 0 Å². The number of hydrogen-bond donors (Lipinski definition) is 2. The maximum atomic E-state index is 12.2. The molecule has 5 heteroatoms. The third-order valence-electron chi connectivity index (χ3n) is 3.82. The number of carbonyl (C=O) groups excluding carboxylic acids is 1. The number of rotatable bonds is 7. The van der Waals surface area contributed by atoms with Crippen LogP contribution in [0.4, 0.5) is 10.5 Å². The first-order valence-electron chi connectivity index (χ1n) is 7.29. The van der Waals surface area contributed by atoms with Gasteiger partial charge < -0.3 is 15.5 Å². The largest absolute Gasteiger partial charge is 0.325 e. The molecule has 0 aliphatic heterocycles. The average Bonchev–Trinajstić information content (AvgIpc) is 2.51. The van der Waals surface area contributed by atoms with Gasteiger partial charge in [0.15, 0.2) is 0 Å². The zero-order valence-corrected chi connectivity index (χ0v) is 14.5. The topological polar surface area (TPSA) is 44.4 Å². The molecule has 2 atom stereocenters. The van der Waals surface area contributed by atoms with Crippen LogP contribution in [0.25, 0.3) is 0 Å². The molecule has 0 heterocycles. The van der Waals surface area contributed by atoms with E-state index in [1.165, 1.54) is 5.56 Å². The normalized spacial score (nSPS) is 13.6. The minimum atomic E-state index is -0.0574. The van der Waals surface area contributed by atoms with Crippen molar-refractivity contribution in [2.45, 2.75) is 32.4 Å². The van der Waals surface area contributed by atoms with Gasteiger partial charge in [-0.25, -0.2) is 4.79 Å². The van der Waals surface area contributed by atoms with Gasteiger partial charge in [-0.1, -0.05) is 12.1 Å². The molecule has 0 bridgehead atoms. The minimum absolute atomic E-state index is 0.0574. The Kier molecular flexibility index (Phi) is 7.61. The number of nitrogens with one attached hydrogen (secondary N) is 2. The highest BCUT2D eigenvalue weighted by Gasteiger charge is 2.15. The van der Waals surface area contributed by atoms with Crippen molar-refractivity contribution < 1.29 is 4.79 Å². The summed E-state index contributed by atoms with van der Waals surface area (Å²) in [4.78, 5) is 14.0. The van der Waals surface area contributed by atoms with Gasteiger partial charge in [0.05, 0.1) is 0 Å². The number of thioether (sulfide) groups is 1. The Morgan fingerprint density at radius 1 is 1.29 bits per heavy atom. The zero-order chi connectivity index (χ0) is 15.8. The molecule has 4 nitrogen and oxygen atoms in total. The van der Waals surface area contributed by atoms with Gasteiger partial charge in [0.1, 0.15) is 0 Å². The molecule has 0 saturated carbocycles. The molecule has 2 N–H and O–H groups in total. The molecule has 0 aliphatic carbocycles. The molecule has 0 saturated heterocycles. The van der Waals surface area contributed by atoms with E-state index in [1.807, 2.05) is 38.4 Å². The molecule has 2 amide bonds. The average molecular weight is 309 g/mol. The highest BCUT2D eigenvalue weighted by molar-refractivity contribution is 7.98. The Balaban J connectivity index is 2.57. The molecule has 0 aliphatic rings. The number of anilines is 1. The van der Waals surface area contributed by atoms with Crippen LogP contribution < -0.4 is 10.6 Å². The summed E-state index contributed by atoms with van der Waals surface area (Å²) in [6, 6.07) is 8.45. The molecule has 0 spiro atoms. The first kappa shape index (κ1) is 17.9. The van der Waals surface area contributed by atoms with Crippen LogP contribution in [0.15, 0.2) is 24.3 Å². The quantitative estimate of drug-likeness (QED) is 0.809. The van der Waals surface area contributed by atoms with Crippen molar-refractivity contribution in [3.63, 3.8) is 0 Å². The molecule has 0 aromatic heterocycles. The molecule has 118 valence electrons. The van der Waals surface area contributed by atoms with Gasteiger partial charge in [0, 0.05) is 24.8 Å². The summed E-state index contributed by atoms with van der Waals surface area (Å²) < 4.78 is 0. The molecular weight excluding hydrogens is 282 g/mol. The third kappa shape index (κ3) is 5.59. The maximum absolute atomic E-state index is 12.2. The van der Waals surface area contributed by atoms with E-state index in [0.717, 1.165) is 17.9 Å². The molecule has 1 rings (SSSR count). The van der Waals surface area contributed by atoms with Gasteiger partial charge in [-0.2, -0.15) is 11.8 Å². The van der Waals surface area contributed by atoms with E-state index in [4.69, 9.17) is 0 Å². The highest BCUT2D eigenvalue weighted by Crippen LogP contribution is 2.16. The van der Waals surface area contributed by atoms with E-state index in [2.05, 4.69) is 30.7 Å². The summed E-state index contributed by atoms with van der Waals surface area (Å²) in [7, 11) is 3.78. The van der Waals surface area contributed by atoms with Crippen LogP contribution in [-0.2, 0) is 0 Å². The Hall–Kier alpha value is -1.20. The summed E-state index contributed by atoms with van der Waals surface area (Å²) in [6.07, 6.45) is 3.09. The summed E-state index contributed by atoms with van der Waals surface area (Å²) in [5, 5.41) is 6.14. The van der Waals surface area contributed by atoms with Crippen molar-refractivity contribution >= 4 is 23.5 Å². The lowest BCUT2D eigenvalue weighted by Crippen LogP contribution is -2.38. The van der Waals surface area contributed by atoms with E-state index >= 15 is 0 Å². The van der Waals surface area contributed by atoms with E-state index in [-0.39, 0.29) is 12.1 Å². The summed E-state index contributed by atoms with van der Waals surface area (Å²) in [5.41, 5.74) is 2.04. The van der Waals surface area contributed by atoms with E-state index in [1.54, 1.807) is 16.7 Å². The van der Waals surface area contributed by atoms with Crippen molar-refractivity contribution in [3.8, 4) is 0 Å². The van der Waals surface area contributed by atoms with Gasteiger partial charge >= 0.3 is 6.03 Å². The fourth-order valence-electron chi connectivity index (χ4n) is 1.92. The highest BCUT2D eigenvalue weighted by atomic mass is 32.2. The van der Waals surface area contributed by atoms with Crippen LogP contribution in [0.3, 0.4) is 0 Å². The lowest BCUT2D eigenvalue weighted by atomic mass is 10.1. The summed E-state index contributed by atoms with van der Waals surface area (Å²) >= 11 is 1.81. The van der Waals surface area contributed by atoms with Crippen molar-refractivity contribution in [2.24, 2.45) is 0 Å². The van der Waals surface area contributed by atoms with Crippen LogP contribution in [0.1, 0.15) is 31.9 Å². The molecule has 2 unspecified atom stereocenters. The molecule has 1 aromatic rings. The SMILES string of the molecule is CNC(C)c1ccc(NC(=O)N(C)C(C)CCSC)cc1. The number of benzene rings is 1. The Morgan fingerprint density at radius 3 is 2.43 bits per heavy atom. The predicted molar refractivity (Wildman–Crippen MR) is 93.2 cm³/mol. The smallest absolute Gasteiger partial charge is 0.321 e. The van der Waals surface area contributed by atoms with Gasteiger partial charge in [-0.15, -0.1) is 0 Å². The van der Waals surface area contributed by atoms with Crippen molar-refractivity contribution in [1.29, 1.82) is 0 Å². The number of carbonyl (C=O) groups is 1. The van der Waals surface area contributed by atoms with Crippen molar-refractivity contribution in [3.05, 3.63) is 29.8 Å². The van der Waals surface area contributed by atoms with Crippen LogP contribution in [0, 0.1) is 0 Å². The third-order valence-corrected chi connectivity index (χ3v) is 4.46. The van der Waals surface area contributed by atoms with E-state index in [9.17, 15) is 4.79 Å². The van der Waals surface area contributed by atoms with Gasteiger partial charge in [-0.05, 0) is 57.0 Å². The van der Waals surface area contributed by atoms with Crippen LogP contribution in [0.2, 0.25) is 0 Å². The van der Waals surface area contributed by atoms with Crippen molar-refractivity contribution in [1.82, 2.24) is 10.2 Å². The monoisotopic (exact) mass is 309 g/mol. The van der Waals surface area contributed by atoms with Crippen LogP contribution >= 0.6 is 11.8 Å². The van der Waals surface area contributed by atoms with E-state index in [0.29, 0.717) is 6.04 Å². The summed E-state index contributed by atoms with van der Waals surface area (Å²) in [5.74, 6) is 1.06. The Bertz CT molecular complexity index is 436. The second-order valence-electron chi connectivity index (χ2n) is 5.30. The Labute approximate surface area is 132 Å². The number of hydrogen-bond acceptors (Lipinski definition) is 3. The first-order chi connectivity index (χ1) is 9.99. The molecule has 21 heavy (non-hydrogen) atoms. The number of amides is 2. The second kappa shape index (κ2) is 8.95. The van der Waals surface area contributed by atoms with Gasteiger partial charge in [-0.3, -0.25) is 0 Å². The van der Waals surface area contributed by atoms with Crippen molar-refractivity contribution in [2.75, 3.05) is 31.4 Å². The number of urea groups is 1. The first-order valence-corrected chi connectivity index (χ1v) is 8.69. The van der Waals surface area contributed by atoms with Crippen LogP contribution in [0.5, 0.6) is 0 Å².